The van der Waals surface area contributed by atoms with E-state index in [-0.39, 0.29) is 24.8 Å². The SMILES string of the molecule is CC(C)CC(NC(=O)C(C)N)C(=O)NC(CCCN=C(N)N)C(=O)NC(CO)C(=O)O. The van der Waals surface area contributed by atoms with Crippen molar-refractivity contribution in [3.8, 4) is 0 Å². The molecule has 11 N–H and O–H groups in total. The molecule has 0 bridgehead atoms. The number of guanidine groups is 1. The summed E-state index contributed by atoms with van der Waals surface area (Å²) in [6, 6.07) is -4.45. The fourth-order valence-corrected chi connectivity index (χ4v) is 2.51. The molecule has 0 spiro atoms. The third-order valence-electron chi connectivity index (χ3n) is 4.13. The van der Waals surface area contributed by atoms with Gasteiger partial charge in [0.2, 0.25) is 17.7 Å². The van der Waals surface area contributed by atoms with Crippen molar-refractivity contribution in [1.29, 1.82) is 0 Å². The van der Waals surface area contributed by atoms with Crippen LogP contribution < -0.4 is 33.2 Å². The van der Waals surface area contributed by atoms with Crippen LogP contribution in [0.25, 0.3) is 0 Å². The Bertz CT molecular complexity index is 649. The van der Waals surface area contributed by atoms with Crippen LogP contribution in [-0.2, 0) is 19.2 Å². The summed E-state index contributed by atoms with van der Waals surface area (Å²) in [6.45, 7) is 4.55. The highest BCUT2D eigenvalue weighted by molar-refractivity contribution is 5.94. The minimum absolute atomic E-state index is 0.0454. The predicted molar refractivity (Wildman–Crippen MR) is 114 cm³/mol. The van der Waals surface area contributed by atoms with Crippen molar-refractivity contribution in [3.63, 3.8) is 0 Å². The molecule has 0 radical (unpaired) electrons. The third-order valence-corrected chi connectivity index (χ3v) is 4.13. The summed E-state index contributed by atoms with van der Waals surface area (Å²) in [7, 11) is 0. The summed E-state index contributed by atoms with van der Waals surface area (Å²) >= 11 is 0. The maximum Gasteiger partial charge on any atom is 0.328 e. The molecule has 0 aliphatic heterocycles. The van der Waals surface area contributed by atoms with Gasteiger partial charge in [-0.05, 0) is 32.1 Å². The van der Waals surface area contributed by atoms with Gasteiger partial charge in [-0.2, -0.15) is 0 Å². The van der Waals surface area contributed by atoms with Crippen LogP contribution in [0.2, 0.25) is 0 Å². The number of amides is 3. The number of aliphatic imine (C=N–C) groups is 1. The summed E-state index contributed by atoms with van der Waals surface area (Å²) in [4.78, 5) is 52.2. The van der Waals surface area contributed by atoms with Gasteiger partial charge in [-0.15, -0.1) is 0 Å². The molecule has 13 nitrogen and oxygen atoms in total. The molecule has 0 rings (SSSR count). The number of carboxylic acid groups (broad SMARTS) is 1. The average molecular weight is 446 g/mol. The molecule has 178 valence electrons. The van der Waals surface area contributed by atoms with Crippen molar-refractivity contribution in [2.45, 2.75) is 64.2 Å². The summed E-state index contributed by atoms with van der Waals surface area (Å²) in [5.74, 6) is -3.47. The third kappa shape index (κ3) is 11.7. The highest BCUT2D eigenvalue weighted by Crippen LogP contribution is 2.07. The van der Waals surface area contributed by atoms with Gasteiger partial charge < -0.3 is 43.4 Å². The molecule has 31 heavy (non-hydrogen) atoms. The number of aliphatic hydroxyl groups is 1. The molecule has 0 saturated carbocycles. The molecule has 0 aromatic rings. The van der Waals surface area contributed by atoms with Crippen LogP contribution in [0.15, 0.2) is 4.99 Å². The van der Waals surface area contributed by atoms with Gasteiger partial charge in [0, 0.05) is 6.54 Å². The number of aliphatic carboxylic acids is 1. The van der Waals surface area contributed by atoms with Crippen LogP contribution in [0.3, 0.4) is 0 Å². The van der Waals surface area contributed by atoms with E-state index in [4.69, 9.17) is 27.4 Å². The zero-order valence-corrected chi connectivity index (χ0v) is 18.1. The maximum atomic E-state index is 12.8. The van der Waals surface area contributed by atoms with Crippen LogP contribution in [0.4, 0.5) is 0 Å². The van der Waals surface area contributed by atoms with Crippen molar-refractivity contribution in [1.82, 2.24) is 16.0 Å². The summed E-state index contributed by atoms with van der Waals surface area (Å²) in [5, 5.41) is 25.4. The molecule has 13 heteroatoms. The van der Waals surface area contributed by atoms with Crippen molar-refractivity contribution in [3.05, 3.63) is 0 Å². The molecule has 0 heterocycles. The maximum absolute atomic E-state index is 12.8. The topological polar surface area (TPSA) is 235 Å². The Kier molecular flexibility index (Phi) is 12.8. The number of carbonyl (C=O) groups excluding carboxylic acids is 3. The Morgan fingerprint density at radius 3 is 1.87 bits per heavy atom. The molecule has 3 amide bonds. The molecule has 0 aliphatic rings. The lowest BCUT2D eigenvalue weighted by atomic mass is 10.0. The number of carboxylic acids is 1. The minimum Gasteiger partial charge on any atom is -0.480 e. The van der Waals surface area contributed by atoms with Gasteiger partial charge in [0.25, 0.3) is 0 Å². The number of nitrogens with two attached hydrogens (primary N) is 3. The minimum atomic E-state index is -1.53. The van der Waals surface area contributed by atoms with E-state index < -0.39 is 54.5 Å². The second-order valence-electron chi connectivity index (χ2n) is 7.57. The van der Waals surface area contributed by atoms with Gasteiger partial charge >= 0.3 is 5.97 Å². The van der Waals surface area contributed by atoms with Gasteiger partial charge in [-0.25, -0.2) is 4.79 Å². The van der Waals surface area contributed by atoms with Crippen LogP contribution >= 0.6 is 0 Å². The normalized spacial score (nSPS) is 14.6. The Morgan fingerprint density at radius 2 is 1.42 bits per heavy atom. The Hall–Kier alpha value is -2.93. The highest BCUT2D eigenvalue weighted by atomic mass is 16.4. The van der Waals surface area contributed by atoms with Crippen molar-refractivity contribution < 1.29 is 29.4 Å². The van der Waals surface area contributed by atoms with Crippen LogP contribution in [0.5, 0.6) is 0 Å². The van der Waals surface area contributed by atoms with Crippen molar-refractivity contribution >= 4 is 29.7 Å². The lowest BCUT2D eigenvalue weighted by Gasteiger charge is -2.25. The first-order valence-corrected chi connectivity index (χ1v) is 9.94. The van der Waals surface area contributed by atoms with E-state index in [2.05, 4.69) is 20.9 Å². The zero-order chi connectivity index (χ0) is 24.1. The van der Waals surface area contributed by atoms with E-state index in [1.807, 2.05) is 13.8 Å². The van der Waals surface area contributed by atoms with E-state index in [0.717, 1.165) is 0 Å². The van der Waals surface area contributed by atoms with E-state index in [0.29, 0.717) is 12.8 Å². The quantitative estimate of drug-likeness (QED) is 0.0769. The number of rotatable bonds is 14. The molecular weight excluding hydrogens is 410 g/mol. The number of nitrogens with zero attached hydrogens (tertiary/aromatic N) is 1. The molecule has 0 saturated heterocycles. The Labute approximate surface area is 181 Å². The largest absolute Gasteiger partial charge is 0.480 e. The predicted octanol–water partition coefficient (Wildman–Crippen LogP) is -3.04. The zero-order valence-electron chi connectivity index (χ0n) is 18.1. The van der Waals surface area contributed by atoms with Crippen molar-refractivity contribution in [2.24, 2.45) is 28.1 Å². The van der Waals surface area contributed by atoms with Gasteiger partial charge in [-0.3, -0.25) is 19.4 Å². The van der Waals surface area contributed by atoms with Gasteiger partial charge in [-0.1, -0.05) is 13.8 Å². The first-order chi connectivity index (χ1) is 14.4. The molecular formula is C18H35N7O6. The lowest BCUT2D eigenvalue weighted by Crippen LogP contribution is -2.57. The molecule has 0 aliphatic carbocycles. The number of nitrogens with one attached hydrogen (secondary N) is 3. The molecule has 0 aromatic carbocycles. The van der Waals surface area contributed by atoms with Crippen molar-refractivity contribution in [2.75, 3.05) is 13.2 Å². The summed E-state index contributed by atoms with van der Waals surface area (Å²) in [6.07, 6.45) is 0.678. The Morgan fingerprint density at radius 1 is 0.903 bits per heavy atom. The number of hydrogen-bond acceptors (Lipinski definition) is 7. The Balaban J connectivity index is 5.42. The number of aliphatic hydroxyl groups excluding tert-OH is 1. The van der Waals surface area contributed by atoms with E-state index in [9.17, 15) is 19.2 Å². The molecule has 0 fully saturated rings. The monoisotopic (exact) mass is 445 g/mol. The van der Waals surface area contributed by atoms with Gasteiger partial charge in [0.15, 0.2) is 5.96 Å². The second-order valence-corrected chi connectivity index (χ2v) is 7.57. The summed E-state index contributed by atoms with van der Waals surface area (Å²) < 4.78 is 0. The molecule has 4 unspecified atom stereocenters. The number of hydrogen-bond donors (Lipinski definition) is 8. The van der Waals surface area contributed by atoms with Crippen LogP contribution in [-0.4, -0.2) is 77.2 Å². The van der Waals surface area contributed by atoms with E-state index in [1.54, 1.807) is 0 Å². The smallest absolute Gasteiger partial charge is 0.328 e. The van der Waals surface area contributed by atoms with Crippen LogP contribution in [0.1, 0.15) is 40.0 Å². The first-order valence-electron chi connectivity index (χ1n) is 9.94. The highest BCUT2D eigenvalue weighted by Gasteiger charge is 2.29. The lowest BCUT2D eigenvalue weighted by molar-refractivity contribution is -0.143. The van der Waals surface area contributed by atoms with E-state index in [1.165, 1.54) is 6.92 Å². The summed E-state index contributed by atoms with van der Waals surface area (Å²) in [5.41, 5.74) is 16.1. The van der Waals surface area contributed by atoms with Gasteiger partial charge in [0.1, 0.15) is 18.1 Å². The first kappa shape index (κ1) is 28.1. The fraction of sp³-hybridized carbons (Fsp3) is 0.722. The second kappa shape index (κ2) is 14.1. The number of carbonyl (C=O) groups is 4. The molecule has 4 atom stereocenters. The fourth-order valence-electron chi connectivity index (χ4n) is 2.51. The van der Waals surface area contributed by atoms with Gasteiger partial charge in [0.05, 0.1) is 12.6 Å². The van der Waals surface area contributed by atoms with Crippen LogP contribution in [0, 0.1) is 5.92 Å². The molecule has 0 aromatic heterocycles. The van der Waals surface area contributed by atoms with E-state index >= 15 is 0 Å². The average Bonchev–Trinajstić information content (AvgIpc) is 2.66. The standard InChI is InChI=1S/C18H35N7O6/c1-9(2)7-12(24-14(27)10(3)19)16(29)23-11(5-4-6-22-18(20)21)15(28)25-13(8-26)17(30)31/h9-13,26H,4-8,19H2,1-3H3,(H,23,29)(H,24,27)(H,25,28)(H,30,31)(H4,20,21,22).